The van der Waals surface area contributed by atoms with Gasteiger partial charge in [-0.1, -0.05) is 0 Å². The standard InChI is InChI=1S/C11H20O2S/c1-9(2)8-13-10(3)11-4-6-14(12)7-5-11/h8,10-11H,4-7H2,1-3H3. The van der Waals surface area contributed by atoms with Gasteiger partial charge < -0.3 is 4.74 Å². The molecule has 1 heterocycles. The van der Waals surface area contributed by atoms with Crippen LogP contribution < -0.4 is 0 Å². The summed E-state index contributed by atoms with van der Waals surface area (Å²) in [6.07, 6.45) is 4.19. The van der Waals surface area contributed by atoms with E-state index >= 15 is 0 Å². The molecule has 2 nitrogen and oxygen atoms in total. The van der Waals surface area contributed by atoms with Gasteiger partial charge in [0.15, 0.2) is 0 Å². The first kappa shape index (κ1) is 11.8. The lowest BCUT2D eigenvalue weighted by atomic mass is 9.97. The lowest BCUT2D eigenvalue weighted by Crippen LogP contribution is -2.27. The van der Waals surface area contributed by atoms with Gasteiger partial charge in [0.05, 0.1) is 12.4 Å². The fourth-order valence-electron chi connectivity index (χ4n) is 1.64. The maximum absolute atomic E-state index is 11.2. The van der Waals surface area contributed by atoms with Gasteiger partial charge in [-0.3, -0.25) is 4.21 Å². The molecule has 0 bridgehead atoms. The van der Waals surface area contributed by atoms with Gasteiger partial charge in [0, 0.05) is 22.3 Å². The van der Waals surface area contributed by atoms with Gasteiger partial charge in [0.1, 0.15) is 0 Å². The predicted octanol–water partition coefficient (Wildman–Crippen LogP) is 2.47. The molecule has 1 fully saturated rings. The second kappa shape index (κ2) is 5.54. The first-order chi connectivity index (χ1) is 6.59. The molecular formula is C11H20O2S. The Labute approximate surface area is 89.2 Å². The van der Waals surface area contributed by atoms with Crippen LogP contribution in [0.1, 0.15) is 33.6 Å². The van der Waals surface area contributed by atoms with Gasteiger partial charge in [0.25, 0.3) is 0 Å². The fraction of sp³-hybridized carbons (Fsp3) is 0.818. The summed E-state index contributed by atoms with van der Waals surface area (Å²) in [6.45, 7) is 6.17. The Kier molecular flexibility index (Phi) is 4.66. The number of rotatable bonds is 3. The van der Waals surface area contributed by atoms with Crippen molar-refractivity contribution in [3.05, 3.63) is 11.8 Å². The molecule has 0 aromatic carbocycles. The summed E-state index contributed by atoms with van der Waals surface area (Å²) in [7, 11) is -0.561. The normalized spacial score (nSPS) is 29.4. The van der Waals surface area contributed by atoms with Crippen LogP contribution in [-0.2, 0) is 15.5 Å². The van der Waals surface area contributed by atoms with Crippen molar-refractivity contribution >= 4 is 10.8 Å². The van der Waals surface area contributed by atoms with Crippen LogP contribution in [0.5, 0.6) is 0 Å². The fourth-order valence-corrected chi connectivity index (χ4v) is 2.97. The Bertz CT molecular complexity index is 221. The van der Waals surface area contributed by atoms with Crippen LogP contribution in [-0.4, -0.2) is 21.8 Å². The SMILES string of the molecule is CC(C)=COC(C)C1CCS(=O)CC1. The van der Waals surface area contributed by atoms with Crippen LogP contribution in [0.4, 0.5) is 0 Å². The van der Waals surface area contributed by atoms with Gasteiger partial charge in [-0.15, -0.1) is 0 Å². The smallest absolute Gasteiger partial charge is 0.0979 e. The summed E-state index contributed by atoms with van der Waals surface area (Å²) in [6, 6.07) is 0. The molecule has 0 aromatic heterocycles. The highest BCUT2D eigenvalue weighted by Crippen LogP contribution is 2.22. The summed E-state index contributed by atoms with van der Waals surface area (Å²) in [5.41, 5.74) is 1.19. The molecule has 1 unspecified atom stereocenters. The van der Waals surface area contributed by atoms with Gasteiger partial charge in [-0.25, -0.2) is 0 Å². The Balaban J connectivity index is 2.34. The van der Waals surface area contributed by atoms with Crippen molar-refractivity contribution in [3.63, 3.8) is 0 Å². The first-order valence-corrected chi connectivity index (χ1v) is 6.72. The monoisotopic (exact) mass is 216 g/mol. The van der Waals surface area contributed by atoms with Crippen molar-refractivity contribution < 1.29 is 8.95 Å². The second-order valence-electron chi connectivity index (χ2n) is 4.22. The molecule has 1 rings (SSSR count). The molecule has 0 radical (unpaired) electrons. The molecule has 0 spiro atoms. The van der Waals surface area contributed by atoms with Crippen molar-refractivity contribution in [2.45, 2.75) is 39.7 Å². The summed E-state index contributed by atoms with van der Waals surface area (Å²) in [5, 5.41) is 0. The van der Waals surface area contributed by atoms with Crippen molar-refractivity contribution in [1.29, 1.82) is 0 Å². The zero-order valence-corrected chi connectivity index (χ0v) is 10.1. The van der Waals surface area contributed by atoms with E-state index in [0.717, 1.165) is 24.3 Å². The summed E-state index contributed by atoms with van der Waals surface area (Å²) >= 11 is 0. The molecule has 3 heteroatoms. The van der Waals surface area contributed by atoms with E-state index in [2.05, 4.69) is 6.92 Å². The first-order valence-electron chi connectivity index (χ1n) is 5.23. The number of hydrogen-bond donors (Lipinski definition) is 0. The average Bonchev–Trinajstić information content (AvgIpc) is 2.15. The lowest BCUT2D eigenvalue weighted by molar-refractivity contribution is 0.0954. The molecule has 1 atom stereocenters. The van der Waals surface area contributed by atoms with Crippen LogP contribution in [0, 0.1) is 5.92 Å². The van der Waals surface area contributed by atoms with E-state index in [4.69, 9.17) is 4.74 Å². The van der Waals surface area contributed by atoms with E-state index in [1.54, 1.807) is 0 Å². The van der Waals surface area contributed by atoms with E-state index in [1.807, 2.05) is 20.1 Å². The number of ether oxygens (including phenoxy) is 1. The van der Waals surface area contributed by atoms with Gasteiger partial charge >= 0.3 is 0 Å². The van der Waals surface area contributed by atoms with Crippen LogP contribution in [0.25, 0.3) is 0 Å². The highest BCUT2D eigenvalue weighted by molar-refractivity contribution is 7.85. The minimum absolute atomic E-state index is 0.266. The Morgan fingerprint density at radius 1 is 1.43 bits per heavy atom. The molecular weight excluding hydrogens is 196 g/mol. The second-order valence-corrected chi connectivity index (χ2v) is 5.92. The zero-order valence-electron chi connectivity index (χ0n) is 9.29. The van der Waals surface area contributed by atoms with Crippen LogP contribution in [0.2, 0.25) is 0 Å². The molecule has 0 aromatic rings. The predicted molar refractivity (Wildman–Crippen MR) is 60.6 cm³/mol. The van der Waals surface area contributed by atoms with Crippen molar-refractivity contribution in [2.24, 2.45) is 5.92 Å². The molecule has 0 aliphatic carbocycles. The molecule has 82 valence electrons. The highest BCUT2D eigenvalue weighted by atomic mass is 32.2. The molecule has 1 aliphatic rings. The minimum atomic E-state index is -0.561. The minimum Gasteiger partial charge on any atom is -0.498 e. The number of hydrogen-bond acceptors (Lipinski definition) is 2. The van der Waals surface area contributed by atoms with E-state index < -0.39 is 10.8 Å². The van der Waals surface area contributed by atoms with Crippen molar-refractivity contribution in [3.8, 4) is 0 Å². The summed E-state index contributed by atoms with van der Waals surface area (Å²) < 4.78 is 16.8. The Morgan fingerprint density at radius 3 is 2.50 bits per heavy atom. The third kappa shape index (κ3) is 3.82. The molecule has 0 saturated carbocycles. The van der Waals surface area contributed by atoms with Gasteiger partial charge in [0.2, 0.25) is 0 Å². The average molecular weight is 216 g/mol. The topological polar surface area (TPSA) is 26.3 Å². The largest absolute Gasteiger partial charge is 0.498 e. The van der Waals surface area contributed by atoms with E-state index in [9.17, 15) is 4.21 Å². The van der Waals surface area contributed by atoms with Crippen molar-refractivity contribution in [2.75, 3.05) is 11.5 Å². The zero-order chi connectivity index (χ0) is 10.6. The molecule has 1 aliphatic heterocycles. The molecule has 1 saturated heterocycles. The lowest BCUT2D eigenvalue weighted by Gasteiger charge is -2.26. The van der Waals surface area contributed by atoms with Crippen molar-refractivity contribution in [1.82, 2.24) is 0 Å². The summed E-state index contributed by atoms with van der Waals surface area (Å²) in [5.74, 6) is 2.30. The van der Waals surface area contributed by atoms with Gasteiger partial charge in [-0.2, -0.15) is 0 Å². The third-order valence-electron chi connectivity index (χ3n) is 2.61. The maximum Gasteiger partial charge on any atom is 0.0979 e. The van der Waals surface area contributed by atoms with E-state index in [0.29, 0.717) is 5.92 Å². The number of allylic oxidation sites excluding steroid dienone is 1. The Morgan fingerprint density at radius 2 is 2.00 bits per heavy atom. The third-order valence-corrected chi connectivity index (χ3v) is 4.00. The molecule has 14 heavy (non-hydrogen) atoms. The van der Waals surface area contributed by atoms with Gasteiger partial charge in [-0.05, 0) is 45.1 Å². The molecule has 0 N–H and O–H groups in total. The van der Waals surface area contributed by atoms with E-state index in [1.165, 1.54) is 5.57 Å². The molecule has 0 amide bonds. The Hall–Kier alpha value is -0.310. The highest BCUT2D eigenvalue weighted by Gasteiger charge is 2.23. The van der Waals surface area contributed by atoms with Crippen LogP contribution in [0.15, 0.2) is 11.8 Å². The summed E-state index contributed by atoms with van der Waals surface area (Å²) in [4.78, 5) is 0. The van der Waals surface area contributed by atoms with Crippen LogP contribution >= 0.6 is 0 Å². The maximum atomic E-state index is 11.2. The van der Waals surface area contributed by atoms with E-state index in [-0.39, 0.29) is 6.10 Å². The van der Waals surface area contributed by atoms with Crippen LogP contribution in [0.3, 0.4) is 0 Å². The quantitative estimate of drug-likeness (QED) is 0.677.